The van der Waals surface area contributed by atoms with Crippen molar-refractivity contribution >= 4 is 11.8 Å². The average molecular weight is 280 g/mol. The van der Waals surface area contributed by atoms with E-state index >= 15 is 0 Å². The monoisotopic (exact) mass is 280 g/mol. The predicted molar refractivity (Wildman–Crippen MR) is 79.5 cm³/mol. The van der Waals surface area contributed by atoms with Gasteiger partial charge in [0.25, 0.3) is 0 Å². The lowest BCUT2D eigenvalue weighted by molar-refractivity contribution is 0.132. The fraction of sp³-hybridized carbons (Fsp3) is 0.800. The molecule has 2 unspecified atom stereocenters. The summed E-state index contributed by atoms with van der Waals surface area (Å²) in [7, 11) is 0. The van der Waals surface area contributed by atoms with Crippen molar-refractivity contribution in [2.24, 2.45) is 0 Å². The molecule has 4 heteroatoms. The van der Waals surface area contributed by atoms with Crippen molar-refractivity contribution in [2.75, 3.05) is 5.75 Å². The van der Waals surface area contributed by atoms with Gasteiger partial charge < -0.3 is 5.11 Å². The minimum atomic E-state index is -0.271. The van der Waals surface area contributed by atoms with E-state index in [1.807, 2.05) is 11.8 Å². The number of aliphatic hydroxyl groups excluding tert-OH is 1. The van der Waals surface area contributed by atoms with Gasteiger partial charge >= 0.3 is 0 Å². The Morgan fingerprint density at radius 3 is 2.95 bits per heavy atom. The van der Waals surface area contributed by atoms with Gasteiger partial charge in [0.1, 0.15) is 0 Å². The minimum Gasteiger partial charge on any atom is -0.391 e. The average Bonchev–Trinajstić information content (AvgIpc) is 3.08. The maximum atomic E-state index is 10.5. The van der Waals surface area contributed by atoms with Crippen LogP contribution < -0.4 is 0 Å². The molecule has 19 heavy (non-hydrogen) atoms. The highest BCUT2D eigenvalue weighted by atomic mass is 32.2. The normalized spacial score (nSPS) is 30.0. The van der Waals surface area contributed by atoms with Crippen molar-refractivity contribution in [3.8, 4) is 0 Å². The molecule has 0 aromatic carbocycles. The van der Waals surface area contributed by atoms with E-state index in [0.717, 1.165) is 12.1 Å². The van der Waals surface area contributed by atoms with E-state index in [0.29, 0.717) is 12.5 Å². The van der Waals surface area contributed by atoms with Gasteiger partial charge in [0.05, 0.1) is 17.8 Å². The van der Waals surface area contributed by atoms with E-state index in [9.17, 15) is 5.11 Å². The number of hydrogen-bond acceptors (Lipinski definition) is 3. The molecular weight excluding hydrogens is 256 g/mol. The van der Waals surface area contributed by atoms with Gasteiger partial charge in [0, 0.05) is 17.4 Å². The van der Waals surface area contributed by atoms with Crippen molar-refractivity contribution in [3.05, 3.63) is 18.0 Å². The van der Waals surface area contributed by atoms with Gasteiger partial charge in [-0.3, -0.25) is 4.68 Å². The van der Waals surface area contributed by atoms with Gasteiger partial charge in [-0.15, -0.1) is 0 Å². The van der Waals surface area contributed by atoms with Crippen molar-refractivity contribution in [1.29, 1.82) is 0 Å². The van der Waals surface area contributed by atoms with E-state index in [4.69, 9.17) is 0 Å². The molecule has 2 heterocycles. The predicted octanol–water partition coefficient (Wildman–Crippen LogP) is 3.19. The molecule has 1 N–H and O–H groups in total. The van der Waals surface area contributed by atoms with E-state index in [2.05, 4.69) is 29.0 Å². The van der Waals surface area contributed by atoms with Crippen LogP contribution in [0.5, 0.6) is 0 Å². The minimum absolute atomic E-state index is 0.0388. The number of aliphatic hydroxyl groups is 1. The van der Waals surface area contributed by atoms with Gasteiger partial charge in [-0.2, -0.15) is 16.9 Å². The molecule has 3 nitrogen and oxygen atoms in total. The summed E-state index contributed by atoms with van der Waals surface area (Å²) in [6, 6.07) is 2.69. The van der Waals surface area contributed by atoms with Crippen LogP contribution in [0.25, 0.3) is 0 Å². The van der Waals surface area contributed by atoms with Crippen molar-refractivity contribution < 1.29 is 5.11 Å². The molecule has 3 rings (SSSR count). The summed E-state index contributed by atoms with van der Waals surface area (Å²) < 4.78 is 2.16. The van der Waals surface area contributed by atoms with Crippen LogP contribution in [0.15, 0.2) is 12.3 Å². The van der Waals surface area contributed by atoms with E-state index < -0.39 is 0 Å². The molecule has 1 aromatic rings. The topological polar surface area (TPSA) is 38.0 Å². The number of rotatable bonds is 4. The van der Waals surface area contributed by atoms with Crippen LogP contribution in [0.4, 0.5) is 0 Å². The summed E-state index contributed by atoms with van der Waals surface area (Å²) >= 11 is 1.92. The molecule has 2 aliphatic rings. The Labute approximate surface area is 119 Å². The molecule has 106 valence electrons. The highest BCUT2D eigenvalue weighted by Gasteiger charge is 2.37. The zero-order valence-electron chi connectivity index (χ0n) is 11.7. The Balaban J connectivity index is 1.63. The van der Waals surface area contributed by atoms with Crippen LogP contribution in [0, 0.1) is 0 Å². The molecule has 1 saturated carbocycles. The number of aromatic nitrogens is 2. The van der Waals surface area contributed by atoms with Gasteiger partial charge in [-0.05, 0) is 44.4 Å². The second kappa shape index (κ2) is 5.49. The van der Waals surface area contributed by atoms with Crippen LogP contribution in [0.2, 0.25) is 0 Å². The Kier molecular flexibility index (Phi) is 3.90. The fourth-order valence-corrected chi connectivity index (χ4v) is 4.66. The van der Waals surface area contributed by atoms with Crippen molar-refractivity contribution in [1.82, 2.24) is 9.78 Å². The van der Waals surface area contributed by atoms with Gasteiger partial charge in [0.2, 0.25) is 0 Å². The number of thioether (sulfide) groups is 1. The van der Waals surface area contributed by atoms with Crippen LogP contribution >= 0.6 is 11.8 Å². The zero-order chi connectivity index (χ0) is 13.3. The SMILES string of the molecule is CC1(C(O)Cc2ccn(C3CCCC3)n2)CCCS1. The molecule has 0 spiro atoms. The molecule has 0 bridgehead atoms. The van der Waals surface area contributed by atoms with Crippen LogP contribution in [-0.2, 0) is 6.42 Å². The van der Waals surface area contributed by atoms with Crippen molar-refractivity contribution in [3.63, 3.8) is 0 Å². The van der Waals surface area contributed by atoms with Crippen LogP contribution in [-0.4, -0.2) is 31.5 Å². The number of nitrogens with zero attached hydrogens (tertiary/aromatic N) is 2. The lowest BCUT2D eigenvalue weighted by Crippen LogP contribution is -2.35. The summed E-state index contributed by atoms with van der Waals surface area (Å²) in [5, 5.41) is 15.1. The van der Waals surface area contributed by atoms with E-state index in [1.54, 1.807) is 0 Å². The Morgan fingerprint density at radius 1 is 1.47 bits per heavy atom. The Bertz CT molecular complexity index is 420. The molecular formula is C15H24N2OS. The standard InChI is InChI=1S/C15H24N2OS/c1-15(8-4-10-19-15)14(18)11-12-7-9-17(16-12)13-5-2-3-6-13/h7,9,13-14,18H,2-6,8,10-11H2,1H3. The van der Waals surface area contributed by atoms with E-state index in [1.165, 1.54) is 37.9 Å². The van der Waals surface area contributed by atoms with Gasteiger partial charge in [-0.1, -0.05) is 12.8 Å². The van der Waals surface area contributed by atoms with Gasteiger partial charge in [0.15, 0.2) is 0 Å². The first-order valence-electron chi connectivity index (χ1n) is 7.53. The molecule has 1 saturated heterocycles. The molecule has 0 amide bonds. The zero-order valence-corrected chi connectivity index (χ0v) is 12.5. The third kappa shape index (κ3) is 2.84. The summed E-state index contributed by atoms with van der Waals surface area (Å²) in [6.45, 7) is 2.20. The molecule has 2 atom stereocenters. The number of hydrogen-bond donors (Lipinski definition) is 1. The lowest BCUT2D eigenvalue weighted by Gasteiger charge is -2.28. The largest absolute Gasteiger partial charge is 0.391 e. The highest BCUT2D eigenvalue weighted by Crippen LogP contribution is 2.41. The van der Waals surface area contributed by atoms with E-state index in [-0.39, 0.29) is 10.9 Å². The van der Waals surface area contributed by atoms with Crippen LogP contribution in [0.3, 0.4) is 0 Å². The van der Waals surface area contributed by atoms with Gasteiger partial charge in [-0.25, -0.2) is 0 Å². The molecule has 0 radical (unpaired) electrons. The lowest BCUT2D eigenvalue weighted by atomic mass is 9.95. The second-order valence-electron chi connectivity index (χ2n) is 6.21. The first-order chi connectivity index (χ1) is 9.17. The summed E-state index contributed by atoms with van der Waals surface area (Å²) in [6.07, 6.45) is 10.1. The van der Waals surface area contributed by atoms with Crippen molar-refractivity contribution in [2.45, 2.75) is 68.8 Å². The smallest absolute Gasteiger partial charge is 0.0740 e. The quantitative estimate of drug-likeness (QED) is 0.920. The highest BCUT2D eigenvalue weighted by molar-refractivity contribution is 8.00. The molecule has 1 aliphatic heterocycles. The Hall–Kier alpha value is -0.480. The van der Waals surface area contributed by atoms with Crippen LogP contribution in [0.1, 0.15) is 57.2 Å². The molecule has 1 aliphatic carbocycles. The summed E-state index contributed by atoms with van der Waals surface area (Å²) in [5.41, 5.74) is 1.05. The third-order valence-corrected chi connectivity index (χ3v) is 6.35. The first-order valence-corrected chi connectivity index (χ1v) is 8.52. The molecule has 2 fully saturated rings. The maximum absolute atomic E-state index is 10.5. The Morgan fingerprint density at radius 2 is 2.26 bits per heavy atom. The first kappa shape index (κ1) is 13.5. The summed E-state index contributed by atoms with van der Waals surface area (Å²) in [4.78, 5) is 0. The summed E-state index contributed by atoms with van der Waals surface area (Å²) in [5.74, 6) is 1.18. The fourth-order valence-electron chi connectivity index (χ4n) is 3.34. The third-order valence-electron chi connectivity index (χ3n) is 4.72. The maximum Gasteiger partial charge on any atom is 0.0740 e. The molecule has 1 aromatic heterocycles. The second-order valence-corrected chi connectivity index (χ2v) is 7.84.